The highest BCUT2D eigenvalue weighted by Gasteiger charge is 2.77. The number of fused-ring (bicyclic) bond motifs is 1. The molecule has 0 saturated heterocycles. The molecule has 7 nitrogen and oxygen atoms in total. The Bertz CT molecular complexity index is 1190. The van der Waals surface area contributed by atoms with Crippen LogP contribution in [0.1, 0.15) is 59.8 Å². The Labute approximate surface area is 248 Å². The normalized spacial score (nSPS) is 28.0. The number of carbonyl (C=O) groups excluding carboxylic acids is 1. The molecule has 0 bridgehead atoms. The van der Waals surface area contributed by atoms with Crippen molar-refractivity contribution in [3.8, 4) is 0 Å². The van der Waals surface area contributed by atoms with Crippen molar-refractivity contribution in [2.75, 3.05) is 13.9 Å². The van der Waals surface area contributed by atoms with Gasteiger partial charge in [-0.3, -0.25) is 4.79 Å². The van der Waals surface area contributed by atoms with Gasteiger partial charge in [-0.25, -0.2) is 8.42 Å². The number of hydrogen-bond donors (Lipinski definition) is 1. The largest absolute Gasteiger partial charge is 0.462 e. The maximum atomic E-state index is 14.6. The molecular weight excluding hydrogens is 606 g/mol. The first-order valence-corrected chi connectivity index (χ1v) is 15.7. The fourth-order valence-electron chi connectivity index (χ4n) is 7.79. The number of aliphatic hydroxyl groups is 1. The van der Waals surface area contributed by atoms with Crippen LogP contribution in [0.15, 0.2) is 35.2 Å². The number of aliphatic hydroxyl groups excluding tert-OH is 1. The van der Waals surface area contributed by atoms with Gasteiger partial charge in [0.1, 0.15) is 12.9 Å². The lowest BCUT2D eigenvalue weighted by Gasteiger charge is -2.49. The molecule has 8 atom stereocenters. The van der Waals surface area contributed by atoms with E-state index in [4.69, 9.17) is 4.74 Å². The number of methoxy groups -OCH3 is 1. The summed E-state index contributed by atoms with van der Waals surface area (Å²) in [5, 5.41) is 9.17. The second-order valence-corrected chi connectivity index (χ2v) is 14.2. The molecule has 0 aliphatic heterocycles. The zero-order valence-corrected chi connectivity index (χ0v) is 25.6. The second-order valence-electron chi connectivity index (χ2n) is 12.1. The van der Waals surface area contributed by atoms with Gasteiger partial charge in [-0.1, -0.05) is 39.0 Å². The fourth-order valence-corrected chi connectivity index (χ4v) is 9.98. The number of esters is 1. The summed E-state index contributed by atoms with van der Waals surface area (Å²) in [5.41, 5.74) is -5.60. The van der Waals surface area contributed by atoms with Gasteiger partial charge in [0.05, 0.1) is 16.2 Å². The van der Waals surface area contributed by atoms with Crippen molar-refractivity contribution in [2.45, 2.75) is 100 Å². The van der Waals surface area contributed by atoms with E-state index in [0.717, 1.165) is 19.2 Å². The van der Waals surface area contributed by atoms with Gasteiger partial charge in [0, 0.05) is 25.9 Å². The molecule has 0 radical (unpaired) electrons. The SMILES string of the molecule is COCOC([C@H](C)C(C(O)[C@@H](C)[C@H]1CC[C@H]2[C@@H](OC(C)=O)CCC[C@]12C)S(=O)(=O)c1ccccc1)(C(F)(F)F)C(F)(F)F. The van der Waals surface area contributed by atoms with Gasteiger partial charge < -0.3 is 19.3 Å². The first-order valence-electron chi connectivity index (χ1n) is 14.2. The number of hydrogen-bond acceptors (Lipinski definition) is 7. The van der Waals surface area contributed by atoms with Crippen molar-refractivity contribution in [1.82, 2.24) is 0 Å². The number of alkyl halides is 6. The predicted octanol–water partition coefficient (Wildman–Crippen LogP) is 6.09. The minimum Gasteiger partial charge on any atom is -0.462 e. The first-order chi connectivity index (χ1) is 19.8. The van der Waals surface area contributed by atoms with Crippen molar-refractivity contribution in [2.24, 2.45) is 29.1 Å². The van der Waals surface area contributed by atoms with Crippen molar-refractivity contribution >= 4 is 15.8 Å². The van der Waals surface area contributed by atoms with E-state index < -0.39 is 86.1 Å². The minimum absolute atomic E-state index is 0.166. The summed E-state index contributed by atoms with van der Waals surface area (Å²) in [6.07, 6.45) is -12.1. The van der Waals surface area contributed by atoms with Crippen molar-refractivity contribution in [3.63, 3.8) is 0 Å². The lowest BCUT2D eigenvalue weighted by molar-refractivity contribution is -0.407. The van der Waals surface area contributed by atoms with Crippen LogP contribution < -0.4 is 0 Å². The highest BCUT2D eigenvalue weighted by molar-refractivity contribution is 7.92. The number of rotatable bonds is 11. The van der Waals surface area contributed by atoms with E-state index in [0.29, 0.717) is 39.0 Å². The molecule has 2 unspecified atom stereocenters. The van der Waals surface area contributed by atoms with E-state index in [2.05, 4.69) is 9.47 Å². The maximum absolute atomic E-state index is 14.6. The molecule has 2 aliphatic carbocycles. The lowest BCUT2D eigenvalue weighted by Crippen LogP contribution is -2.67. The van der Waals surface area contributed by atoms with Crippen molar-refractivity contribution in [1.29, 1.82) is 0 Å². The summed E-state index contributed by atoms with van der Waals surface area (Å²) in [6, 6.07) is 6.13. The van der Waals surface area contributed by atoms with Gasteiger partial charge in [0.15, 0.2) is 9.84 Å². The Balaban J connectivity index is 2.17. The highest BCUT2D eigenvalue weighted by atomic mass is 32.2. The zero-order valence-electron chi connectivity index (χ0n) is 24.7. The first kappa shape index (κ1) is 35.6. The third kappa shape index (κ3) is 6.44. The van der Waals surface area contributed by atoms with Crippen LogP contribution in [0, 0.1) is 29.1 Å². The summed E-state index contributed by atoms with van der Waals surface area (Å²) in [6.45, 7) is 3.69. The van der Waals surface area contributed by atoms with Crippen LogP contribution in [0.3, 0.4) is 0 Å². The summed E-state index contributed by atoms with van der Waals surface area (Å²) in [4.78, 5) is 11.2. The number of sulfone groups is 1. The van der Waals surface area contributed by atoms with E-state index in [1.165, 1.54) is 32.0 Å². The van der Waals surface area contributed by atoms with Crippen LogP contribution in [0.5, 0.6) is 0 Å². The van der Waals surface area contributed by atoms with Crippen LogP contribution >= 0.6 is 0 Å². The van der Waals surface area contributed by atoms with Gasteiger partial charge in [-0.15, -0.1) is 0 Å². The number of ether oxygens (including phenoxy) is 3. The molecule has 3 rings (SSSR count). The van der Waals surface area contributed by atoms with E-state index in [1.807, 2.05) is 6.92 Å². The standard InChI is InChI=1S/C29H40F6O7S/c1-17(21-13-14-22-23(42-19(3)36)12-9-15-26(21,22)4)24(37)25(43(38,39)20-10-7-6-8-11-20)18(2)27(28(30,31)32,29(33,34)35)41-16-40-5/h6-8,10-11,17-18,21-25,37H,9,12-16H2,1-5H3/t17-,18+,21+,22-,23-,24?,25?,26+/m0/s1. The zero-order chi connectivity index (χ0) is 32.6. The quantitative estimate of drug-likeness (QED) is 0.176. The van der Waals surface area contributed by atoms with Gasteiger partial charge in [-0.05, 0) is 61.5 Å². The molecule has 2 fully saturated rings. The minimum atomic E-state index is -6.14. The average Bonchev–Trinajstić information content (AvgIpc) is 3.25. The molecule has 0 amide bonds. The molecule has 246 valence electrons. The van der Waals surface area contributed by atoms with Crippen molar-refractivity contribution < 1.29 is 58.9 Å². The highest BCUT2D eigenvalue weighted by Crippen LogP contribution is 2.60. The summed E-state index contributed by atoms with van der Waals surface area (Å²) < 4.78 is 130. The Morgan fingerprint density at radius 3 is 2.14 bits per heavy atom. The Morgan fingerprint density at radius 1 is 1.05 bits per heavy atom. The average molecular weight is 647 g/mol. The summed E-state index contributed by atoms with van der Waals surface area (Å²) in [7, 11) is -4.18. The van der Waals surface area contributed by atoms with Crippen LogP contribution in [0.4, 0.5) is 26.3 Å². The predicted molar refractivity (Wildman–Crippen MR) is 143 cm³/mol. The molecule has 1 N–H and O–H groups in total. The van der Waals surface area contributed by atoms with Crippen LogP contribution in [-0.2, 0) is 28.8 Å². The number of halogens is 6. The Kier molecular flexibility index (Phi) is 10.6. The Morgan fingerprint density at radius 2 is 1.63 bits per heavy atom. The van der Waals surface area contributed by atoms with Crippen LogP contribution in [-0.4, -0.2) is 68.8 Å². The third-order valence-electron chi connectivity index (χ3n) is 9.77. The number of benzene rings is 1. The molecule has 2 aliphatic rings. The molecule has 1 aromatic carbocycles. The fraction of sp³-hybridized carbons (Fsp3) is 0.759. The lowest BCUT2D eigenvalue weighted by atomic mass is 9.60. The molecule has 1 aromatic rings. The van der Waals surface area contributed by atoms with Crippen LogP contribution in [0.2, 0.25) is 0 Å². The Hall–Kier alpha value is -1.90. The molecular formula is C29H40F6O7S. The molecule has 0 aromatic heterocycles. The van der Waals surface area contributed by atoms with Crippen LogP contribution in [0.25, 0.3) is 0 Å². The van der Waals surface area contributed by atoms with Gasteiger partial charge in [0.25, 0.3) is 5.60 Å². The maximum Gasteiger partial charge on any atom is 0.426 e. The van der Waals surface area contributed by atoms with E-state index >= 15 is 0 Å². The summed E-state index contributed by atoms with van der Waals surface area (Å²) >= 11 is 0. The second kappa shape index (κ2) is 12.8. The molecule has 0 spiro atoms. The van der Waals surface area contributed by atoms with E-state index in [-0.39, 0.29) is 5.92 Å². The molecule has 0 heterocycles. The molecule has 14 heteroatoms. The van der Waals surface area contributed by atoms with Gasteiger partial charge >= 0.3 is 18.3 Å². The monoisotopic (exact) mass is 646 g/mol. The van der Waals surface area contributed by atoms with Crippen molar-refractivity contribution in [3.05, 3.63) is 30.3 Å². The van der Waals surface area contributed by atoms with E-state index in [9.17, 15) is 44.7 Å². The van der Waals surface area contributed by atoms with Gasteiger partial charge in [-0.2, -0.15) is 26.3 Å². The topological polar surface area (TPSA) is 99.1 Å². The van der Waals surface area contributed by atoms with E-state index in [1.54, 1.807) is 0 Å². The summed E-state index contributed by atoms with van der Waals surface area (Å²) in [5.74, 6) is -5.05. The third-order valence-corrected chi connectivity index (χ3v) is 12.1. The molecule has 43 heavy (non-hydrogen) atoms. The smallest absolute Gasteiger partial charge is 0.426 e. The van der Waals surface area contributed by atoms with Gasteiger partial charge in [0.2, 0.25) is 0 Å². The molecule has 2 saturated carbocycles. The number of carbonyl (C=O) groups is 1.